The monoisotopic (exact) mass is 406 g/mol. The summed E-state index contributed by atoms with van der Waals surface area (Å²) in [5.41, 5.74) is 0. The van der Waals surface area contributed by atoms with Crippen LogP contribution in [0, 0.1) is 0 Å². The van der Waals surface area contributed by atoms with Crippen molar-refractivity contribution >= 4 is 55.8 Å². The predicted octanol–water partition coefficient (Wildman–Crippen LogP) is 4.13. The molecule has 2 heterocycles. The van der Waals surface area contributed by atoms with Gasteiger partial charge in [-0.25, -0.2) is 0 Å². The Kier molecular flexibility index (Phi) is 5.58. The Hall–Kier alpha value is -0.570. The molecule has 3 rings (SSSR count). The fourth-order valence-electron chi connectivity index (χ4n) is 3.07. The van der Waals surface area contributed by atoms with E-state index in [1.54, 1.807) is 11.0 Å². The molecule has 0 N–H and O–H groups in total. The number of rotatable bonds is 4. The van der Waals surface area contributed by atoms with E-state index in [1.807, 2.05) is 6.92 Å². The normalized spacial score (nSPS) is 24.9. The first kappa shape index (κ1) is 18.2. The van der Waals surface area contributed by atoms with Gasteiger partial charge in [-0.3, -0.25) is 9.69 Å². The topological polar surface area (TPSA) is 66.8 Å². The van der Waals surface area contributed by atoms with Crippen LogP contribution in [0.25, 0.3) is 0 Å². The lowest BCUT2D eigenvalue weighted by atomic mass is 9.94. The third-order valence-electron chi connectivity index (χ3n) is 4.28. The Morgan fingerprint density at radius 2 is 2.00 bits per heavy atom. The van der Waals surface area contributed by atoms with E-state index < -0.39 is 10.0 Å². The molecule has 5 nitrogen and oxygen atoms in total. The number of sulfonamides is 1. The summed E-state index contributed by atoms with van der Waals surface area (Å²) in [4.78, 5) is 14.3. The van der Waals surface area contributed by atoms with Gasteiger partial charge in [0.15, 0.2) is 5.17 Å². The standard InChI is InChI=1S/C15H19ClN2O3S3/c1-2-11-14(19)18(10-6-4-3-5-7-10)15(22-11)17-24(20,21)13-9-8-12(16)23-13/h8-11H,2-7H2,1H3. The maximum absolute atomic E-state index is 12.7. The Morgan fingerprint density at radius 1 is 1.29 bits per heavy atom. The Morgan fingerprint density at radius 3 is 2.58 bits per heavy atom. The maximum atomic E-state index is 12.7. The molecule has 9 heteroatoms. The fourth-order valence-corrected chi connectivity index (χ4v) is 6.86. The first-order chi connectivity index (χ1) is 11.4. The van der Waals surface area contributed by atoms with Crippen LogP contribution >= 0.6 is 34.7 Å². The molecule has 0 radical (unpaired) electrons. The Bertz CT molecular complexity index is 754. The molecule has 1 saturated heterocycles. The van der Waals surface area contributed by atoms with E-state index >= 15 is 0 Å². The lowest BCUT2D eigenvalue weighted by molar-refractivity contribution is -0.128. The van der Waals surface area contributed by atoms with E-state index in [-0.39, 0.29) is 21.4 Å². The predicted molar refractivity (Wildman–Crippen MR) is 99.3 cm³/mol. The van der Waals surface area contributed by atoms with Gasteiger partial charge in [0.05, 0.1) is 9.59 Å². The van der Waals surface area contributed by atoms with E-state index in [4.69, 9.17) is 11.6 Å². The third-order valence-corrected chi connectivity index (χ3v) is 8.68. The summed E-state index contributed by atoms with van der Waals surface area (Å²) in [6.45, 7) is 1.94. The molecule has 0 spiro atoms. The number of hydrogen-bond donors (Lipinski definition) is 0. The van der Waals surface area contributed by atoms with Crippen LogP contribution in [-0.4, -0.2) is 35.7 Å². The number of nitrogens with zero attached hydrogens (tertiary/aromatic N) is 2. The number of halogens is 1. The van der Waals surface area contributed by atoms with Crippen LogP contribution in [-0.2, 0) is 14.8 Å². The van der Waals surface area contributed by atoms with Crippen molar-refractivity contribution in [2.75, 3.05) is 0 Å². The Balaban J connectivity index is 1.95. The molecule has 1 atom stereocenters. The number of amides is 1. The molecular formula is C15H19ClN2O3S3. The average Bonchev–Trinajstić information content (AvgIpc) is 3.12. The van der Waals surface area contributed by atoms with Gasteiger partial charge in [0.1, 0.15) is 4.21 Å². The van der Waals surface area contributed by atoms with E-state index in [0.29, 0.717) is 15.9 Å². The second-order valence-corrected chi connectivity index (χ2v) is 10.6. The van der Waals surface area contributed by atoms with Crippen LogP contribution in [0.2, 0.25) is 4.34 Å². The SMILES string of the molecule is CCC1SC(=NS(=O)(=O)c2ccc(Cl)s2)N(C2CCCCC2)C1=O. The molecular weight excluding hydrogens is 388 g/mol. The summed E-state index contributed by atoms with van der Waals surface area (Å²) in [5.74, 6) is -0.00689. The van der Waals surface area contributed by atoms with Crippen LogP contribution in [0.3, 0.4) is 0 Å². The van der Waals surface area contributed by atoms with Crippen LogP contribution in [0.15, 0.2) is 20.7 Å². The van der Waals surface area contributed by atoms with Crippen molar-refractivity contribution in [2.24, 2.45) is 4.40 Å². The van der Waals surface area contributed by atoms with Crippen LogP contribution in [0.1, 0.15) is 45.4 Å². The van der Waals surface area contributed by atoms with Crippen LogP contribution in [0.5, 0.6) is 0 Å². The maximum Gasteiger partial charge on any atom is 0.294 e. The summed E-state index contributed by atoms with van der Waals surface area (Å²) in [6.07, 6.45) is 5.78. The highest BCUT2D eigenvalue weighted by atomic mass is 35.5. The zero-order valence-corrected chi connectivity index (χ0v) is 16.5. The zero-order chi connectivity index (χ0) is 17.3. The molecule has 0 bridgehead atoms. The van der Waals surface area contributed by atoms with Crippen molar-refractivity contribution in [3.05, 3.63) is 16.5 Å². The minimum absolute atomic E-state index is 0.00689. The lowest BCUT2D eigenvalue weighted by Crippen LogP contribution is -2.42. The number of hydrogen-bond acceptors (Lipinski definition) is 5. The molecule has 1 aliphatic carbocycles. The van der Waals surface area contributed by atoms with Gasteiger partial charge in [-0.2, -0.15) is 8.42 Å². The Labute approximate surface area is 155 Å². The highest BCUT2D eigenvalue weighted by molar-refractivity contribution is 8.16. The van der Waals surface area contributed by atoms with E-state index in [1.165, 1.54) is 24.2 Å². The molecule has 1 aliphatic heterocycles. The molecule has 1 aromatic heterocycles. The largest absolute Gasteiger partial charge is 0.294 e. The zero-order valence-electron chi connectivity index (χ0n) is 13.3. The summed E-state index contributed by atoms with van der Waals surface area (Å²) in [5, 5.41) is 0.0797. The first-order valence-electron chi connectivity index (χ1n) is 8.02. The van der Waals surface area contributed by atoms with E-state index in [2.05, 4.69) is 4.40 Å². The van der Waals surface area contributed by atoms with Gasteiger partial charge in [-0.1, -0.05) is 49.5 Å². The van der Waals surface area contributed by atoms with Crippen LogP contribution in [0.4, 0.5) is 0 Å². The van der Waals surface area contributed by atoms with Gasteiger partial charge in [-0.05, 0) is 31.4 Å². The molecule has 2 aliphatic rings. The van der Waals surface area contributed by atoms with Crippen molar-refractivity contribution in [2.45, 2.75) is 60.9 Å². The summed E-state index contributed by atoms with van der Waals surface area (Å²) >= 11 is 8.09. The third kappa shape index (κ3) is 3.66. The van der Waals surface area contributed by atoms with Gasteiger partial charge in [0.2, 0.25) is 5.91 Å². The molecule has 1 saturated carbocycles. The molecule has 1 unspecified atom stereocenters. The van der Waals surface area contributed by atoms with E-state index in [0.717, 1.165) is 37.0 Å². The van der Waals surface area contributed by atoms with Gasteiger partial charge in [0.25, 0.3) is 10.0 Å². The second-order valence-electron chi connectivity index (χ2n) is 5.92. The summed E-state index contributed by atoms with van der Waals surface area (Å²) < 4.78 is 29.6. The molecule has 1 amide bonds. The van der Waals surface area contributed by atoms with Crippen molar-refractivity contribution < 1.29 is 13.2 Å². The minimum atomic E-state index is -3.84. The first-order valence-corrected chi connectivity index (χ1v) is 11.5. The minimum Gasteiger partial charge on any atom is -0.287 e. The van der Waals surface area contributed by atoms with E-state index in [9.17, 15) is 13.2 Å². The second kappa shape index (κ2) is 7.35. The number of carbonyl (C=O) groups excluding carboxylic acids is 1. The molecule has 2 fully saturated rings. The molecule has 132 valence electrons. The van der Waals surface area contributed by atoms with Crippen molar-refractivity contribution in [3.8, 4) is 0 Å². The van der Waals surface area contributed by atoms with Crippen molar-refractivity contribution in [1.29, 1.82) is 0 Å². The number of thiophene rings is 1. The molecule has 24 heavy (non-hydrogen) atoms. The summed E-state index contributed by atoms with van der Waals surface area (Å²) in [7, 11) is -3.84. The fraction of sp³-hybridized carbons (Fsp3) is 0.600. The van der Waals surface area contributed by atoms with Gasteiger partial charge < -0.3 is 0 Å². The van der Waals surface area contributed by atoms with Gasteiger partial charge in [0, 0.05) is 6.04 Å². The number of amidine groups is 1. The van der Waals surface area contributed by atoms with Gasteiger partial charge >= 0.3 is 0 Å². The number of carbonyl (C=O) groups is 1. The van der Waals surface area contributed by atoms with Gasteiger partial charge in [-0.15, -0.1) is 15.7 Å². The highest BCUT2D eigenvalue weighted by Crippen LogP contribution is 2.36. The van der Waals surface area contributed by atoms with Crippen molar-refractivity contribution in [3.63, 3.8) is 0 Å². The quantitative estimate of drug-likeness (QED) is 0.753. The highest BCUT2D eigenvalue weighted by Gasteiger charge is 2.42. The van der Waals surface area contributed by atoms with Crippen LogP contribution < -0.4 is 0 Å². The number of thioether (sulfide) groups is 1. The van der Waals surface area contributed by atoms with Crippen molar-refractivity contribution in [1.82, 2.24) is 4.90 Å². The smallest absolute Gasteiger partial charge is 0.287 e. The molecule has 1 aromatic rings. The summed E-state index contributed by atoms with van der Waals surface area (Å²) in [6, 6.07) is 3.06. The average molecular weight is 407 g/mol. The lowest BCUT2D eigenvalue weighted by Gasteiger charge is -2.30. The molecule has 0 aromatic carbocycles.